The van der Waals surface area contributed by atoms with E-state index in [0.29, 0.717) is 5.41 Å². The summed E-state index contributed by atoms with van der Waals surface area (Å²) in [7, 11) is 0. The Hall–Kier alpha value is -0.590. The van der Waals surface area contributed by atoms with Crippen molar-refractivity contribution in [1.29, 1.82) is 0 Å². The smallest absolute Gasteiger partial charge is 0.145 e. The van der Waals surface area contributed by atoms with Gasteiger partial charge in [-0.15, -0.1) is 0 Å². The standard InChI is InChI=1S/C14H24O/c1-4-5-6-7-12-10-14(2,3)9-8-13(12)11-15/h11H,4-10H2,1-3H3. The molecule has 1 rings (SSSR count). The monoisotopic (exact) mass is 208 g/mol. The van der Waals surface area contributed by atoms with E-state index in [1.54, 1.807) is 0 Å². The van der Waals surface area contributed by atoms with Crippen LogP contribution < -0.4 is 0 Å². The average molecular weight is 208 g/mol. The van der Waals surface area contributed by atoms with Crippen LogP contribution in [0.25, 0.3) is 0 Å². The molecule has 0 aromatic rings. The van der Waals surface area contributed by atoms with Crippen LogP contribution in [0.5, 0.6) is 0 Å². The summed E-state index contributed by atoms with van der Waals surface area (Å²) in [6.07, 6.45) is 9.32. The Kier molecular flexibility index (Phi) is 4.56. The number of rotatable bonds is 5. The van der Waals surface area contributed by atoms with Crippen LogP contribution in [0.3, 0.4) is 0 Å². The number of hydrogen-bond acceptors (Lipinski definition) is 1. The maximum absolute atomic E-state index is 11.0. The average Bonchev–Trinajstić information content (AvgIpc) is 2.17. The van der Waals surface area contributed by atoms with Crippen molar-refractivity contribution in [3.63, 3.8) is 0 Å². The third kappa shape index (κ3) is 3.81. The second-order valence-corrected chi connectivity index (χ2v) is 5.54. The molecular weight excluding hydrogens is 184 g/mol. The lowest BCUT2D eigenvalue weighted by atomic mass is 9.73. The van der Waals surface area contributed by atoms with Crippen molar-refractivity contribution in [1.82, 2.24) is 0 Å². The molecule has 0 unspecified atom stereocenters. The summed E-state index contributed by atoms with van der Waals surface area (Å²) >= 11 is 0. The Morgan fingerprint density at radius 1 is 1.33 bits per heavy atom. The molecule has 0 atom stereocenters. The van der Waals surface area contributed by atoms with E-state index in [2.05, 4.69) is 20.8 Å². The normalized spacial score (nSPS) is 20.5. The highest BCUT2D eigenvalue weighted by molar-refractivity contribution is 5.75. The SMILES string of the molecule is CCCCCC1=C(C=O)CCC(C)(C)C1. The van der Waals surface area contributed by atoms with Crippen LogP contribution in [0, 0.1) is 5.41 Å². The molecule has 0 saturated carbocycles. The molecule has 0 heterocycles. The zero-order valence-corrected chi connectivity index (χ0v) is 10.4. The van der Waals surface area contributed by atoms with E-state index in [4.69, 9.17) is 0 Å². The fourth-order valence-corrected chi connectivity index (χ4v) is 2.41. The first-order valence-corrected chi connectivity index (χ1v) is 6.25. The predicted molar refractivity (Wildman–Crippen MR) is 64.9 cm³/mol. The molecule has 0 aliphatic heterocycles. The van der Waals surface area contributed by atoms with Gasteiger partial charge in [-0.2, -0.15) is 0 Å². The number of unbranched alkanes of at least 4 members (excludes halogenated alkanes) is 2. The van der Waals surface area contributed by atoms with Crippen molar-refractivity contribution in [3.8, 4) is 0 Å². The molecule has 1 nitrogen and oxygen atoms in total. The minimum absolute atomic E-state index is 0.411. The number of carbonyl (C=O) groups excluding carboxylic acids is 1. The molecule has 86 valence electrons. The molecule has 0 radical (unpaired) electrons. The highest BCUT2D eigenvalue weighted by Crippen LogP contribution is 2.39. The third-order valence-electron chi connectivity index (χ3n) is 3.44. The quantitative estimate of drug-likeness (QED) is 0.487. The number of carbonyl (C=O) groups is 1. The topological polar surface area (TPSA) is 17.1 Å². The molecule has 0 fully saturated rings. The van der Waals surface area contributed by atoms with E-state index < -0.39 is 0 Å². The Morgan fingerprint density at radius 2 is 2.07 bits per heavy atom. The van der Waals surface area contributed by atoms with Crippen molar-refractivity contribution in [2.45, 2.75) is 65.7 Å². The fourth-order valence-electron chi connectivity index (χ4n) is 2.41. The molecule has 0 N–H and O–H groups in total. The van der Waals surface area contributed by atoms with Crippen LogP contribution in [-0.2, 0) is 4.79 Å². The van der Waals surface area contributed by atoms with Gasteiger partial charge in [-0.25, -0.2) is 0 Å². The van der Waals surface area contributed by atoms with Gasteiger partial charge in [-0.1, -0.05) is 39.2 Å². The summed E-state index contributed by atoms with van der Waals surface area (Å²) in [5, 5.41) is 0. The van der Waals surface area contributed by atoms with Crippen molar-refractivity contribution >= 4 is 6.29 Å². The zero-order valence-electron chi connectivity index (χ0n) is 10.4. The molecule has 0 aromatic heterocycles. The first kappa shape index (κ1) is 12.5. The van der Waals surface area contributed by atoms with E-state index in [1.165, 1.54) is 31.3 Å². The molecule has 0 amide bonds. The molecule has 0 bridgehead atoms. The van der Waals surface area contributed by atoms with Crippen molar-refractivity contribution in [2.75, 3.05) is 0 Å². The van der Waals surface area contributed by atoms with Crippen LogP contribution in [-0.4, -0.2) is 6.29 Å². The maximum atomic E-state index is 11.0. The number of hydrogen-bond donors (Lipinski definition) is 0. The van der Waals surface area contributed by atoms with E-state index >= 15 is 0 Å². The van der Waals surface area contributed by atoms with E-state index in [1.807, 2.05) is 0 Å². The molecule has 1 aliphatic carbocycles. The van der Waals surface area contributed by atoms with Crippen LogP contribution in [0.15, 0.2) is 11.1 Å². The Bertz CT molecular complexity index is 248. The van der Waals surface area contributed by atoms with E-state index in [9.17, 15) is 4.79 Å². The van der Waals surface area contributed by atoms with Gasteiger partial charge in [0.1, 0.15) is 6.29 Å². The minimum Gasteiger partial charge on any atom is -0.298 e. The van der Waals surface area contributed by atoms with Gasteiger partial charge < -0.3 is 0 Å². The zero-order chi connectivity index (χ0) is 11.3. The van der Waals surface area contributed by atoms with Crippen LogP contribution in [0.1, 0.15) is 65.7 Å². The molecule has 0 spiro atoms. The highest BCUT2D eigenvalue weighted by atomic mass is 16.1. The van der Waals surface area contributed by atoms with Gasteiger partial charge in [0.15, 0.2) is 0 Å². The first-order chi connectivity index (χ1) is 7.09. The Balaban J connectivity index is 2.61. The number of allylic oxidation sites excluding steroid dienone is 2. The summed E-state index contributed by atoms with van der Waals surface area (Å²) in [5.41, 5.74) is 2.95. The summed E-state index contributed by atoms with van der Waals surface area (Å²) in [4.78, 5) is 11.0. The predicted octanol–water partition coefficient (Wildman–Crippen LogP) is 4.27. The lowest BCUT2D eigenvalue weighted by Crippen LogP contribution is -2.19. The summed E-state index contributed by atoms with van der Waals surface area (Å²) in [6.45, 7) is 6.85. The Morgan fingerprint density at radius 3 is 2.67 bits per heavy atom. The van der Waals surface area contributed by atoms with Crippen LogP contribution in [0.2, 0.25) is 0 Å². The molecule has 0 saturated heterocycles. The van der Waals surface area contributed by atoms with Gasteiger partial charge in [-0.05, 0) is 43.1 Å². The molecule has 0 aromatic carbocycles. The van der Waals surface area contributed by atoms with Crippen molar-refractivity contribution < 1.29 is 4.79 Å². The van der Waals surface area contributed by atoms with Crippen molar-refractivity contribution in [2.24, 2.45) is 5.41 Å². The van der Waals surface area contributed by atoms with Gasteiger partial charge in [0.05, 0.1) is 0 Å². The van der Waals surface area contributed by atoms with E-state index in [0.717, 1.165) is 31.1 Å². The molecular formula is C14H24O. The van der Waals surface area contributed by atoms with Gasteiger partial charge >= 0.3 is 0 Å². The second-order valence-electron chi connectivity index (χ2n) is 5.54. The van der Waals surface area contributed by atoms with Crippen LogP contribution in [0.4, 0.5) is 0 Å². The van der Waals surface area contributed by atoms with Gasteiger partial charge in [-0.3, -0.25) is 4.79 Å². The van der Waals surface area contributed by atoms with Gasteiger partial charge in [0.25, 0.3) is 0 Å². The first-order valence-electron chi connectivity index (χ1n) is 6.25. The molecule has 1 aliphatic rings. The number of aldehydes is 1. The molecule has 15 heavy (non-hydrogen) atoms. The maximum Gasteiger partial charge on any atom is 0.145 e. The lowest BCUT2D eigenvalue weighted by Gasteiger charge is -2.32. The Labute approximate surface area is 93.9 Å². The van der Waals surface area contributed by atoms with Gasteiger partial charge in [0, 0.05) is 0 Å². The highest BCUT2D eigenvalue weighted by Gasteiger charge is 2.26. The van der Waals surface area contributed by atoms with Gasteiger partial charge in [0.2, 0.25) is 0 Å². The summed E-state index contributed by atoms with van der Waals surface area (Å²) < 4.78 is 0. The third-order valence-corrected chi connectivity index (χ3v) is 3.44. The van der Waals surface area contributed by atoms with E-state index in [-0.39, 0.29) is 0 Å². The fraction of sp³-hybridized carbons (Fsp3) is 0.786. The lowest BCUT2D eigenvalue weighted by molar-refractivity contribution is -0.105. The summed E-state index contributed by atoms with van der Waals surface area (Å²) in [6, 6.07) is 0. The van der Waals surface area contributed by atoms with Crippen LogP contribution >= 0.6 is 0 Å². The van der Waals surface area contributed by atoms with Crippen molar-refractivity contribution in [3.05, 3.63) is 11.1 Å². The minimum atomic E-state index is 0.411. The largest absolute Gasteiger partial charge is 0.298 e. The summed E-state index contributed by atoms with van der Waals surface area (Å²) in [5.74, 6) is 0. The molecule has 1 heteroatoms. The second kappa shape index (κ2) is 5.48.